The lowest BCUT2D eigenvalue weighted by molar-refractivity contribution is 0.0659. The van der Waals surface area contributed by atoms with Gasteiger partial charge in [-0.15, -0.1) is 0 Å². The first-order chi connectivity index (χ1) is 17.5. The van der Waals surface area contributed by atoms with Crippen LogP contribution in [0.1, 0.15) is 40.8 Å². The lowest BCUT2D eigenvalue weighted by Gasteiger charge is -2.32. The third kappa shape index (κ3) is 4.73. The normalized spacial score (nSPS) is 21.1. The van der Waals surface area contributed by atoms with Crippen molar-refractivity contribution < 1.29 is 23.0 Å². The summed E-state index contributed by atoms with van der Waals surface area (Å²) in [5.74, 6) is 1.44. The van der Waals surface area contributed by atoms with Gasteiger partial charge in [-0.05, 0) is 49.2 Å². The van der Waals surface area contributed by atoms with Crippen LogP contribution in [0.15, 0.2) is 48.5 Å². The van der Waals surface area contributed by atoms with E-state index in [1.165, 1.54) is 11.8 Å². The summed E-state index contributed by atoms with van der Waals surface area (Å²) in [6.07, 6.45) is -1.56. The molecule has 1 aromatic heterocycles. The van der Waals surface area contributed by atoms with Crippen molar-refractivity contribution in [1.82, 2.24) is 20.4 Å². The predicted octanol–water partition coefficient (Wildman–Crippen LogP) is 4.02. The molecule has 0 saturated carbocycles. The van der Waals surface area contributed by atoms with Crippen molar-refractivity contribution in [3.05, 3.63) is 59.7 Å². The van der Waals surface area contributed by atoms with Gasteiger partial charge in [0, 0.05) is 29.8 Å². The van der Waals surface area contributed by atoms with Gasteiger partial charge in [-0.2, -0.15) is 5.10 Å². The fraction of sp³-hybridized carbons (Fsp3) is 0.385. The van der Waals surface area contributed by atoms with Gasteiger partial charge in [0.15, 0.2) is 11.5 Å². The molecule has 3 aromatic rings. The molecule has 2 aliphatic rings. The number of hydrogen-bond donors (Lipinski definition) is 3. The Kier molecular flexibility index (Phi) is 6.77. The SMILES string of the molecule is COc1ccc(C2CC(C(F)F)n3nc(-c4cccc(C(=O)N[C@@H]5CCNC5)c4)cc3N2)cc1OC. The van der Waals surface area contributed by atoms with Crippen LogP contribution < -0.4 is 25.4 Å². The van der Waals surface area contributed by atoms with Gasteiger partial charge >= 0.3 is 0 Å². The predicted molar refractivity (Wildman–Crippen MR) is 132 cm³/mol. The highest BCUT2D eigenvalue weighted by Crippen LogP contribution is 2.41. The van der Waals surface area contributed by atoms with Gasteiger partial charge in [-0.25, -0.2) is 13.5 Å². The summed E-state index contributed by atoms with van der Waals surface area (Å²) in [7, 11) is 3.09. The van der Waals surface area contributed by atoms with Crippen LogP contribution in [0.5, 0.6) is 11.5 Å². The maximum absolute atomic E-state index is 14.1. The molecule has 2 aromatic carbocycles. The second kappa shape index (κ2) is 10.1. The van der Waals surface area contributed by atoms with Crippen LogP contribution >= 0.6 is 0 Å². The Morgan fingerprint density at radius 2 is 1.97 bits per heavy atom. The Balaban J connectivity index is 1.42. The van der Waals surface area contributed by atoms with Crippen LogP contribution in [0.4, 0.5) is 14.6 Å². The van der Waals surface area contributed by atoms with E-state index in [-0.39, 0.29) is 24.4 Å². The molecule has 3 atom stereocenters. The second-order valence-electron chi connectivity index (χ2n) is 9.05. The quantitative estimate of drug-likeness (QED) is 0.457. The summed E-state index contributed by atoms with van der Waals surface area (Å²) in [5.41, 5.74) is 2.53. The molecule has 3 N–H and O–H groups in total. The Bertz CT molecular complexity index is 1240. The number of carbonyl (C=O) groups excluding carboxylic acids is 1. The summed E-state index contributed by atoms with van der Waals surface area (Å²) >= 11 is 0. The molecule has 3 heterocycles. The lowest BCUT2D eigenvalue weighted by atomic mass is 9.97. The zero-order valence-corrected chi connectivity index (χ0v) is 20.1. The summed E-state index contributed by atoms with van der Waals surface area (Å²) in [4.78, 5) is 12.7. The molecule has 0 radical (unpaired) electrons. The van der Waals surface area contributed by atoms with E-state index in [0.29, 0.717) is 34.1 Å². The highest BCUT2D eigenvalue weighted by molar-refractivity contribution is 5.95. The zero-order valence-electron chi connectivity index (χ0n) is 20.1. The molecule has 10 heteroatoms. The number of alkyl halides is 2. The first-order valence-electron chi connectivity index (χ1n) is 11.9. The van der Waals surface area contributed by atoms with Crippen molar-refractivity contribution in [2.75, 3.05) is 32.6 Å². The number of carbonyl (C=O) groups is 1. The Labute approximate surface area is 208 Å². The molecule has 1 amide bonds. The van der Waals surface area contributed by atoms with Gasteiger partial charge in [0.2, 0.25) is 0 Å². The number of amides is 1. The fourth-order valence-electron chi connectivity index (χ4n) is 4.84. The van der Waals surface area contributed by atoms with Gasteiger partial charge in [-0.1, -0.05) is 18.2 Å². The number of halogens is 2. The van der Waals surface area contributed by atoms with Gasteiger partial charge < -0.3 is 25.4 Å². The molecule has 2 aliphatic heterocycles. The number of fused-ring (bicyclic) bond motifs is 1. The van der Waals surface area contributed by atoms with Crippen LogP contribution in [0.3, 0.4) is 0 Å². The molecular formula is C26H29F2N5O3. The van der Waals surface area contributed by atoms with Gasteiger partial charge in [0.1, 0.15) is 11.9 Å². The number of rotatable bonds is 7. The number of ether oxygens (including phenoxy) is 2. The van der Waals surface area contributed by atoms with E-state index in [2.05, 4.69) is 21.0 Å². The summed E-state index contributed by atoms with van der Waals surface area (Å²) in [6.45, 7) is 1.63. The van der Waals surface area contributed by atoms with E-state index >= 15 is 0 Å². The molecule has 0 spiro atoms. The number of hydrogen-bond acceptors (Lipinski definition) is 6. The monoisotopic (exact) mass is 497 g/mol. The van der Waals surface area contributed by atoms with Crippen LogP contribution in [0, 0.1) is 0 Å². The van der Waals surface area contributed by atoms with E-state index in [4.69, 9.17) is 9.47 Å². The molecule has 36 heavy (non-hydrogen) atoms. The van der Waals surface area contributed by atoms with Gasteiger partial charge in [-0.3, -0.25) is 4.79 Å². The van der Waals surface area contributed by atoms with Crippen molar-refractivity contribution in [3.63, 3.8) is 0 Å². The third-order valence-corrected chi connectivity index (χ3v) is 6.77. The largest absolute Gasteiger partial charge is 0.493 e. The molecule has 190 valence electrons. The summed E-state index contributed by atoms with van der Waals surface area (Å²) in [5, 5.41) is 14.1. The third-order valence-electron chi connectivity index (χ3n) is 6.77. The molecule has 1 fully saturated rings. The van der Waals surface area contributed by atoms with Crippen LogP contribution in [0.2, 0.25) is 0 Å². The molecule has 0 aliphatic carbocycles. The Morgan fingerprint density at radius 3 is 2.69 bits per heavy atom. The highest BCUT2D eigenvalue weighted by atomic mass is 19.3. The maximum atomic E-state index is 14.1. The van der Waals surface area contributed by atoms with Crippen molar-refractivity contribution in [1.29, 1.82) is 0 Å². The number of anilines is 1. The molecule has 0 bridgehead atoms. The van der Waals surface area contributed by atoms with Crippen molar-refractivity contribution >= 4 is 11.7 Å². The second-order valence-corrected chi connectivity index (χ2v) is 9.05. The van der Waals surface area contributed by atoms with E-state index in [9.17, 15) is 13.6 Å². The number of nitrogens with one attached hydrogen (secondary N) is 3. The minimum atomic E-state index is -2.60. The minimum absolute atomic E-state index is 0.102. The summed E-state index contributed by atoms with van der Waals surface area (Å²) < 4.78 is 40.3. The van der Waals surface area contributed by atoms with Crippen molar-refractivity contribution in [3.8, 4) is 22.8 Å². The van der Waals surface area contributed by atoms with E-state index < -0.39 is 12.5 Å². The molecular weight excluding hydrogens is 468 g/mol. The van der Waals surface area contributed by atoms with Gasteiger partial charge in [0.05, 0.1) is 26.0 Å². The first-order valence-corrected chi connectivity index (χ1v) is 11.9. The zero-order chi connectivity index (χ0) is 25.2. The minimum Gasteiger partial charge on any atom is -0.493 e. The topological polar surface area (TPSA) is 89.4 Å². The van der Waals surface area contributed by atoms with E-state index in [1.807, 2.05) is 12.1 Å². The molecule has 1 saturated heterocycles. The van der Waals surface area contributed by atoms with Gasteiger partial charge in [0.25, 0.3) is 12.3 Å². The lowest BCUT2D eigenvalue weighted by Crippen LogP contribution is -2.36. The highest BCUT2D eigenvalue weighted by Gasteiger charge is 2.35. The van der Waals surface area contributed by atoms with Crippen molar-refractivity contribution in [2.45, 2.75) is 37.4 Å². The average Bonchev–Trinajstić information content (AvgIpc) is 3.57. The smallest absolute Gasteiger partial charge is 0.260 e. The average molecular weight is 498 g/mol. The molecule has 8 nitrogen and oxygen atoms in total. The number of nitrogens with zero attached hydrogens (tertiary/aromatic N) is 2. The summed E-state index contributed by atoms with van der Waals surface area (Å²) in [6, 6.07) is 12.9. The fourth-order valence-corrected chi connectivity index (χ4v) is 4.84. The molecule has 5 rings (SSSR count). The van der Waals surface area contributed by atoms with Crippen LogP contribution in [-0.4, -0.2) is 55.5 Å². The number of benzene rings is 2. The maximum Gasteiger partial charge on any atom is 0.260 e. The standard InChI is InChI=1S/C26H29F2N5O3/c1-35-22-7-6-16(11-23(22)36-2)19-12-21(25(27)28)33-24(31-19)13-20(32-33)15-4-3-5-17(10-15)26(34)30-18-8-9-29-14-18/h3-7,10-11,13,18-19,21,25,29,31H,8-9,12,14H2,1-2H3,(H,30,34)/t18-,19?,21?/m1/s1. The Morgan fingerprint density at radius 1 is 1.14 bits per heavy atom. The number of aromatic nitrogens is 2. The van der Waals surface area contributed by atoms with E-state index in [1.54, 1.807) is 43.5 Å². The van der Waals surface area contributed by atoms with Crippen LogP contribution in [-0.2, 0) is 0 Å². The van der Waals surface area contributed by atoms with Crippen molar-refractivity contribution in [2.24, 2.45) is 0 Å². The van der Waals surface area contributed by atoms with Crippen LogP contribution in [0.25, 0.3) is 11.3 Å². The molecule has 2 unspecified atom stereocenters. The number of methoxy groups -OCH3 is 2. The first kappa shape index (κ1) is 24.1. The Hall–Kier alpha value is -3.66. The van der Waals surface area contributed by atoms with E-state index in [0.717, 1.165) is 25.1 Å².